The lowest BCUT2D eigenvalue weighted by molar-refractivity contribution is -0.144. The fraction of sp³-hybridized carbons (Fsp3) is 0.316. The van der Waals surface area contributed by atoms with Crippen molar-refractivity contribution in [1.82, 2.24) is 10.3 Å². The molecule has 1 aliphatic rings. The fourth-order valence-corrected chi connectivity index (χ4v) is 4.10. The zero-order valence-corrected chi connectivity index (χ0v) is 15.2. The normalized spacial score (nSPS) is 15.9. The Morgan fingerprint density at radius 2 is 1.85 bits per heavy atom. The van der Waals surface area contributed by atoms with Crippen LogP contribution in [0.5, 0.6) is 5.75 Å². The molecule has 1 aromatic carbocycles. The second-order valence-electron chi connectivity index (χ2n) is 6.14. The third-order valence-corrected chi connectivity index (χ3v) is 5.52. The minimum Gasteiger partial charge on any atom is -0.497 e. The van der Waals surface area contributed by atoms with E-state index in [2.05, 4.69) is 10.3 Å². The number of nitrogens with one attached hydrogen (secondary N) is 1. The van der Waals surface area contributed by atoms with Crippen LogP contribution in [0.3, 0.4) is 0 Å². The van der Waals surface area contributed by atoms with E-state index in [0.29, 0.717) is 18.4 Å². The summed E-state index contributed by atoms with van der Waals surface area (Å²) in [5.41, 5.74) is 0.828. The van der Waals surface area contributed by atoms with Gasteiger partial charge in [0.25, 0.3) is 5.91 Å². The highest BCUT2D eigenvalue weighted by atomic mass is 32.2. The summed E-state index contributed by atoms with van der Waals surface area (Å²) in [5, 5.41) is 12.3. The highest BCUT2D eigenvalue weighted by Gasteiger charge is 2.41. The lowest BCUT2D eigenvalue weighted by Crippen LogP contribution is -2.56. The van der Waals surface area contributed by atoms with Gasteiger partial charge >= 0.3 is 5.97 Å². The van der Waals surface area contributed by atoms with Crippen molar-refractivity contribution in [3.63, 3.8) is 0 Å². The van der Waals surface area contributed by atoms with E-state index in [4.69, 9.17) is 4.74 Å². The molecule has 26 heavy (non-hydrogen) atoms. The van der Waals surface area contributed by atoms with Gasteiger partial charge in [-0.3, -0.25) is 9.78 Å². The summed E-state index contributed by atoms with van der Waals surface area (Å²) >= 11 is 1.70. The monoisotopic (exact) mass is 372 g/mol. The Morgan fingerprint density at radius 1 is 1.15 bits per heavy atom. The van der Waals surface area contributed by atoms with Crippen LogP contribution in [0, 0.1) is 0 Å². The van der Waals surface area contributed by atoms with Crippen LogP contribution in [-0.2, 0) is 4.79 Å². The number of hydrogen-bond acceptors (Lipinski definition) is 5. The number of thioether (sulfide) groups is 1. The van der Waals surface area contributed by atoms with Crippen LogP contribution < -0.4 is 10.1 Å². The lowest BCUT2D eigenvalue weighted by Gasteiger charge is -2.33. The molecule has 0 radical (unpaired) electrons. The molecule has 1 aliphatic heterocycles. The number of ether oxygens (including phenoxy) is 1. The van der Waals surface area contributed by atoms with Gasteiger partial charge in [-0.05, 0) is 48.1 Å². The average molecular weight is 372 g/mol. The number of nitrogens with zero attached hydrogens (tertiary/aromatic N) is 1. The number of carbonyl (C=O) groups is 2. The molecule has 1 saturated heterocycles. The number of carboxylic acid groups (broad SMARTS) is 1. The van der Waals surface area contributed by atoms with E-state index in [-0.39, 0.29) is 0 Å². The molecule has 0 saturated carbocycles. The molecule has 0 unspecified atom stereocenters. The highest BCUT2D eigenvalue weighted by Crippen LogP contribution is 2.28. The molecule has 0 aliphatic carbocycles. The van der Waals surface area contributed by atoms with Gasteiger partial charge in [0.15, 0.2) is 0 Å². The summed E-state index contributed by atoms with van der Waals surface area (Å²) in [6.45, 7) is 0. The Balaban J connectivity index is 1.82. The van der Waals surface area contributed by atoms with Crippen LogP contribution in [0.25, 0.3) is 11.1 Å². The number of carbonyl (C=O) groups excluding carboxylic acids is 1. The maximum atomic E-state index is 12.7. The third-order valence-electron chi connectivity index (χ3n) is 4.53. The topological polar surface area (TPSA) is 88.5 Å². The summed E-state index contributed by atoms with van der Waals surface area (Å²) in [7, 11) is 1.60. The number of methoxy groups -OCH3 is 1. The Bertz CT molecular complexity index is 801. The molecule has 2 heterocycles. The molecule has 0 bridgehead atoms. The number of carboxylic acids is 1. The Morgan fingerprint density at radius 3 is 2.46 bits per heavy atom. The first-order chi connectivity index (χ1) is 12.5. The van der Waals surface area contributed by atoms with Crippen LogP contribution in [0.4, 0.5) is 0 Å². The van der Waals surface area contributed by atoms with Crippen molar-refractivity contribution >= 4 is 23.6 Å². The summed E-state index contributed by atoms with van der Waals surface area (Å²) in [4.78, 5) is 28.5. The van der Waals surface area contributed by atoms with Gasteiger partial charge in [-0.25, -0.2) is 4.79 Å². The maximum Gasteiger partial charge on any atom is 0.329 e. The highest BCUT2D eigenvalue weighted by molar-refractivity contribution is 7.99. The van der Waals surface area contributed by atoms with E-state index >= 15 is 0 Å². The second kappa shape index (κ2) is 7.78. The van der Waals surface area contributed by atoms with Crippen LogP contribution in [0.15, 0.2) is 42.7 Å². The van der Waals surface area contributed by atoms with Gasteiger partial charge in [0.1, 0.15) is 11.3 Å². The van der Waals surface area contributed by atoms with Gasteiger partial charge in [-0.15, -0.1) is 0 Å². The predicted molar refractivity (Wildman–Crippen MR) is 101 cm³/mol. The Kier molecular flexibility index (Phi) is 5.46. The number of amides is 1. The first kappa shape index (κ1) is 18.3. The third kappa shape index (κ3) is 3.83. The fourth-order valence-electron chi connectivity index (χ4n) is 2.91. The molecule has 2 aromatic rings. The van der Waals surface area contributed by atoms with E-state index < -0.39 is 17.4 Å². The molecule has 2 N–H and O–H groups in total. The molecule has 1 aromatic heterocycles. The first-order valence-corrected chi connectivity index (χ1v) is 9.43. The van der Waals surface area contributed by atoms with E-state index in [1.54, 1.807) is 31.1 Å². The standard InChI is InChI=1S/C19H20N2O4S/c1-25-16-4-2-13(3-5-16)14-10-15(12-20-11-14)17(22)21-19(18(23)24)6-8-26-9-7-19/h2-5,10-12H,6-9H2,1H3,(H,21,22)(H,23,24). The van der Waals surface area contributed by atoms with Crippen molar-refractivity contribution in [1.29, 1.82) is 0 Å². The van der Waals surface area contributed by atoms with Gasteiger partial charge in [0, 0.05) is 18.0 Å². The molecule has 0 spiro atoms. The van der Waals surface area contributed by atoms with Crippen LogP contribution in [0.2, 0.25) is 0 Å². The Labute approximate surface area is 156 Å². The van der Waals surface area contributed by atoms with Crippen molar-refractivity contribution in [2.45, 2.75) is 18.4 Å². The van der Waals surface area contributed by atoms with E-state index in [1.807, 2.05) is 24.3 Å². The van der Waals surface area contributed by atoms with Crippen molar-refractivity contribution in [2.24, 2.45) is 0 Å². The molecular weight excluding hydrogens is 352 g/mol. The van der Waals surface area contributed by atoms with E-state index in [9.17, 15) is 14.7 Å². The quantitative estimate of drug-likeness (QED) is 0.839. The summed E-state index contributed by atoms with van der Waals surface area (Å²) < 4.78 is 5.15. The van der Waals surface area contributed by atoms with Gasteiger partial charge in [0.2, 0.25) is 0 Å². The molecule has 0 atom stereocenters. The van der Waals surface area contributed by atoms with Crippen molar-refractivity contribution in [3.05, 3.63) is 48.3 Å². The molecule has 1 amide bonds. The number of rotatable bonds is 5. The SMILES string of the molecule is COc1ccc(-c2cncc(C(=O)NC3(C(=O)O)CCSCC3)c2)cc1. The largest absolute Gasteiger partial charge is 0.497 e. The lowest BCUT2D eigenvalue weighted by atomic mass is 9.92. The number of benzene rings is 1. The molecular formula is C19H20N2O4S. The van der Waals surface area contributed by atoms with Gasteiger partial charge in [0.05, 0.1) is 12.7 Å². The van der Waals surface area contributed by atoms with Crippen molar-refractivity contribution in [3.8, 4) is 16.9 Å². The zero-order valence-electron chi connectivity index (χ0n) is 14.4. The van der Waals surface area contributed by atoms with Crippen molar-refractivity contribution < 1.29 is 19.4 Å². The predicted octanol–water partition coefficient (Wildman–Crippen LogP) is 2.84. The summed E-state index contributed by atoms with van der Waals surface area (Å²) in [6.07, 6.45) is 3.97. The smallest absolute Gasteiger partial charge is 0.329 e. The number of hydrogen-bond donors (Lipinski definition) is 2. The van der Waals surface area contributed by atoms with Gasteiger partial charge < -0.3 is 15.2 Å². The minimum atomic E-state index is -1.20. The summed E-state index contributed by atoms with van der Waals surface area (Å²) in [6, 6.07) is 9.16. The molecule has 1 fully saturated rings. The molecule has 7 heteroatoms. The van der Waals surface area contributed by atoms with Gasteiger partial charge in [-0.2, -0.15) is 11.8 Å². The molecule has 136 valence electrons. The van der Waals surface area contributed by atoms with Crippen LogP contribution in [0.1, 0.15) is 23.2 Å². The molecule has 3 rings (SSSR count). The number of aliphatic carboxylic acids is 1. The first-order valence-electron chi connectivity index (χ1n) is 8.27. The van der Waals surface area contributed by atoms with Crippen molar-refractivity contribution in [2.75, 3.05) is 18.6 Å². The van der Waals surface area contributed by atoms with E-state index in [0.717, 1.165) is 28.4 Å². The number of aromatic nitrogens is 1. The van der Waals surface area contributed by atoms with Gasteiger partial charge in [-0.1, -0.05) is 12.1 Å². The zero-order chi connectivity index (χ0) is 18.6. The summed E-state index contributed by atoms with van der Waals surface area (Å²) in [5.74, 6) is 0.787. The van der Waals surface area contributed by atoms with Crippen LogP contribution >= 0.6 is 11.8 Å². The minimum absolute atomic E-state index is 0.345. The Hall–Kier alpha value is -2.54. The van der Waals surface area contributed by atoms with Crippen LogP contribution in [-0.4, -0.2) is 46.1 Å². The maximum absolute atomic E-state index is 12.7. The van der Waals surface area contributed by atoms with E-state index in [1.165, 1.54) is 6.20 Å². The molecule has 6 nitrogen and oxygen atoms in total. The average Bonchev–Trinajstić information content (AvgIpc) is 2.68. The number of pyridine rings is 1. The second-order valence-corrected chi connectivity index (χ2v) is 7.37.